The zero-order valence-electron chi connectivity index (χ0n) is 9.57. The van der Waals surface area contributed by atoms with Gasteiger partial charge in [0.05, 0.1) is 18.1 Å². The number of unbranched alkanes of at least 4 members (excludes halogenated alkanes) is 1. The van der Waals surface area contributed by atoms with Crippen molar-refractivity contribution in [3.05, 3.63) is 0 Å². The van der Waals surface area contributed by atoms with Crippen LogP contribution in [-0.4, -0.2) is 38.2 Å². The summed E-state index contributed by atoms with van der Waals surface area (Å²) in [5.41, 5.74) is 0. The van der Waals surface area contributed by atoms with E-state index >= 15 is 0 Å². The van der Waals surface area contributed by atoms with Crippen molar-refractivity contribution in [3.63, 3.8) is 0 Å². The van der Waals surface area contributed by atoms with Gasteiger partial charge in [0, 0.05) is 6.54 Å². The van der Waals surface area contributed by atoms with Crippen molar-refractivity contribution in [3.8, 4) is 0 Å². The third-order valence-corrected chi connectivity index (χ3v) is 4.69. The minimum atomic E-state index is -2.79. The van der Waals surface area contributed by atoms with Gasteiger partial charge < -0.3 is 10.1 Å². The molecule has 4 nitrogen and oxygen atoms in total. The minimum Gasteiger partial charge on any atom is -0.471 e. The van der Waals surface area contributed by atoms with Crippen molar-refractivity contribution in [1.29, 1.82) is 0 Å². The monoisotopic (exact) mass is 265 g/mol. The van der Waals surface area contributed by atoms with Gasteiger partial charge in [0.25, 0.3) is 5.17 Å². The van der Waals surface area contributed by atoms with Gasteiger partial charge in [-0.25, -0.2) is 8.42 Å². The fourth-order valence-electron chi connectivity index (χ4n) is 1.62. The molecule has 1 fully saturated rings. The van der Waals surface area contributed by atoms with E-state index < -0.39 is 9.84 Å². The highest BCUT2D eigenvalue weighted by molar-refractivity contribution is 7.91. The lowest BCUT2D eigenvalue weighted by molar-refractivity contribution is 0.289. The second-order valence-electron chi connectivity index (χ2n) is 4.14. The van der Waals surface area contributed by atoms with Gasteiger partial charge in [-0.3, -0.25) is 0 Å². The van der Waals surface area contributed by atoms with Crippen LogP contribution in [0.25, 0.3) is 0 Å². The first-order chi connectivity index (χ1) is 7.53. The second-order valence-corrected chi connectivity index (χ2v) is 6.74. The number of ether oxygens (including phenoxy) is 1. The molecular weight excluding hydrogens is 246 g/mol. The van der Waals surface area contributed by atoms with Crippen molar-refractivity contribution in [2.75, 3.05) is 24.7 Å². The Morgan fingerprint density at radius 3 is 2.88 bits per heavy atom. The molecule has 0 unspecified atom stereocenters. The lowest BCUT2D eigenvalue weighted by Gasteiger charge is -2.12. The van der Waals surface area contributed by atoms with Crippen LogP contribution >= 0.6 is 12.2 Å². The second kappa shape index (κ2) is 6.39. The summed E-state index contributed by atoms with van der Waals surface area (Å²) in [6.45, 7) is 3.32. The van der Waals surface area contributed by atoms with Crippen molar-refractivity contribution in [1.82, 2.24) is 5.32 Å². The molecule has 1 rings (SSSR count). The Balaban J connectivity index is 2.13. The van der Waals surface area contributed by atoms with Crippen molar-refractivity contribution in [2.45, 2.75) is 26.2 Å². The third-order valence-electron chi connectivity index (χ3n) is 2.59. The molecule has 1 saturated heterocycles. The smallest absolute Gasteiger partial charge is 0.256 e. The lowest BCUT2D eigenvalue weighted by atomic mass is 10.1. The van der Waals surface area contributed by atoms with E-state index in [9.17, 15) is 8.42 Å². The first kappa shape index (κ1) is 13.7. The van der Waals surface area contributed by atoms with Gasteiger partial charge in [-0.2, -0.15) is 0 Å². The van der Waals surface area contributed by atoms with Gasteiger partial charge in [0.1, 0.15) is 0 Å². The summed E-state index contributed by atoms with van der Waals surface area (Å²) >= 11 is 4.98. The van der Waals surface area contributed by atoms with Gasteiger partial charge in [0.2, 0.25) is 0 Å². The topological polar surface area (TPSA) is 55.4 Å². The van der Waals surface area contributed by atoms with Gasteiger partial charge >= 0.3 is 0 Å². The van der Waals surface area contributed by atoms with Crippen LogP contribution in [0.15, 0.2) is 0 Å². The Kier molecular flexibility index (Phi) is 5.48. The zero-order valence-corrected chi connectivity index (χ0v) is 11.2. The molecule has 0 bridgehead atoms. The summed E-state index contributed by atoms with van der Waals surface area (Å²) in [7, 11) is -2.79. The summed E-state index contributed by atoms with van der Waals surface area (Å²) in [5, 5.41) is 3.35. The Bertz CT molecular complexity index is 327. The van der Waals surface area contributed by atoms with E-state index in [1.54, 1.807) is 0 Å². The molecule has 1 heterocycles. The summed E-state index contributed by atoms with van der Waals surface area (Å²) in [6.07, 6.45) is 2.79. The van der Waals surface area contributed by atoms with Crippen molar-refractivity contribution < 1.29 is 13.2 Å². The standard InChI is InChI=1S/C10H19NO3S2/c1-2-3-5-14-10(15)11-7-9-4-6-16(12,13)8-9/h9H,2-8H2,1H3,(H,11,15)/t9-/m0/s1. The molecule has 0 radical (unpaired) electrons. The van der Waals surface area contributed by atoms with E-state index in [2.05, 4.69) is 12.2 Å². The molecule has 16 heavy (non-hydrogen) atoms. The van der Waals surface area contributed by atoms with Crippen LogP contribution in [0.3, 0.4) is 0 Å². The molecule has 0 aliphatic carbocycles. The molecule has 0 saturated carbocycles. The first-order valence-electron chi connectivity index (χ1n) is 5.64. The van der Waals surface area contributed by atoms with Crippen molar-refractivity contribution in [2.24, 2.45) is 5.92 Å². The van der Waals surface area contributed by atoms with E-state index in [1.807, 2.05) is 0 Å². The Morgan fingerprint density at radius 1 is 1.56 bits per heavy atom. The van der Waals surface area contributed by atoms with Gasteiger partial charge in [-0.15, -0.1) is 0 Å². The number of hydrogen-bond acceptors (Lipinski definition) is 4. The normalized spacial score (nSPS) is 22.9. The third kappa shape index (κ3) is 5.12. The van der Waals surface area contributed by atoms with Crippen LogP contribution in [-0.2, 0) is 14.6 Å². The maximum Gasteiger partial charge on any atom is 0.256 e. The molecule has 0 aromatic carbocycles. The van der Waals surface area contributed by atoms with E-state index in [0.717, 1.165) is 19.3 Å². The minimum absolute atomic E-state index is 0.178. The predicted octanol–water partition coefficient (Wildman–Crippen LogP) is 1.11. The Labute approximate surface area is 103 Å². The molecule has 1 aliphatic rings. The number of thiocarbonyl (C=S) groups is 1. The number of sulfone groups is 1. The van der Waals surface area contributed by atoms with Crippen LogP contribution in [0, 0.1) is 5.92 Å². The quantitative estimate of drug-likeness (QED) is 0.596. The number of nitrogens with one attached hydrogen (secondary N) is 1. The summed E-state index contributed by atoms with van der Waals surface area (Å²) in [5.74, 6) is 0.762. The average Bonchev–Trinajstić information content (AvgIpc) is 2.56. The van der Waals surface area contributed by atoms with Gasteiger partial charge in [0.15, 0.2) is 9.84 Å². The lowest BCUT2D eigenvalue weighted by Crippen LogP contribution is -2.30. The van der Waals surface area contributed by atoms with Crippen LogP contribution < -0.4 is 5.32 Å². The highest BCUT2D eigenvalue weighted by Crippen LogP contribution is 2.17. The SMILES string of the molecule is CCCCOC(=S)NC[C@@H]1CCS(=O)(=O)C1. The molecule has 94 valence electrons. The molecular formula is C10H19NO3S2. The molecule has 0 amide bonds. The van der Waals surface area contributed by atoms with Gasteiger partial charge in [-0.05, 0) is 31.0 Å². The Morgan fingerprint density at radius 2 is 2.31 bits per heavy atom. The largest absolute Gasteiger partial charge is 0.471 e. The van der Waals surface area contributed by atoms with Crippen LogP contribution in [0.4, 0.5) is 0 Å². The highest BCUT2D eigenvalue weighted by atomic mass is 32.2. The van der Waals surface area contributed by atoms with Gasteiger partial charge in [-0.1, -0.05) is 13.3 Å². The number of rotatable bonds is 5. The van der Waals surface area contributed by atoms with E-state index in [1.165, 1.54) is 0 Å². The van der Waals surface area contributed by atoms with Crippen LogP contribution in [0.5, 0.6) is 0 Å². The number of hydrogen-bond donors (Lipinski definition) is 1. The van der Waals surface area contributed by atoms with E-state index in [4.69, 9.17) is 17.0 Å². The highest BCUT2D eigenvalue weighted by Gasteiger charge is 2.27. The zero-order chi connectivity index (χ0) is 12.0. The van der Waals surface area contributed by atoms with Crippen LogP contribution in [0.1, 0.15) is 26.2 Å². The maximum absolute atomic E-state index is 11.2. The molecule has 0 aromatic rings. The van der Waals surface area contributed by atoms with Crippen LogP contribution in [0.2, 0.25) is 0 Å². The molecule has 0 spiro atoms. The fraction of sp³-hybridized carbons (Fsp3) is 0.900. The van der Waals surface area contributed by atoms with Crippen molar-refractivity contribution >= 4 is 27.2 Å². The average molecular weight is 265 g/mol. The summed E-state index contributed by atoms with van der Waals surface area (Å²) in [6, 6.07) is 0. The molecule has 1 atom stereocenters. The molecule has 1 N–H and O–H groups in total. The maximum atomic E-state index is 11.2. The van der Waals surface area contributed by atoms with E-state index in [-0.39, 0.29) is 11.7 Å². The predicted molar refractivity (Wildman–Crippen MR) is 68.2 cm³/mol. The Hall–Kier alpha value is -0.360. The molecule has 6 heteroatoms. The van der Waals surface area contributed by atoms with E-state index in [0.29, 0.717) is 24.1 Å². The first-order valence-corrected chi connectivity index (χ1v) is 7.87. The summed E-state index contributed by atoms with van der Waals surface area (Å²) < 4.78 is 27.7. The summed E-state index contributed by atoms with van der Waals surface area (Å²) in [4.78, 5) is 0. The molecule has 0 aromatic heterocycles. The molecule has 1 aliphatic heterocycles. The fourth-order valence-corrected chi connectivity index (χ4v) is 3.65.